The summed E-state index contributed by atoms with van der Waals surface area (Å²) < 4.78 is 0.989. The first-order chi connectivity index (χ1) is 11.1. The first-order valence-electron chi connectivity index (χ1n) is 9.16. The predicted molar refractivity (Wildman–Crippen MR) is 103 cm³/mol. The van der Waals surface area contributed by atoms with E-state index in [1.807, 2.05) is 24.3 Å². The van der Waals surface area contributed by atoms with E-state index in [1.54, 1.807) is 0 Å². The van der Waals surface area contributed by atoms with Gasteiger partial charge in [-0.2, -0.15) is 0 Å². The largest absolute Gasteiger partial charge is 0.321 e. The van der Waals surface area contributed by atoms with Gasteiger partial charge in [-0.1, -0.05) is 98.8 Å². The summed E-state index contributed by atoms with van der Waals surface area (Å²) in [6.07, 6.45) is 12.9. The first kappa shape index (κ1) is 20.4. The van der Waals surface area contributed by atoms with Gasteiger partial charge in [-0.05, 0) is 18.1 Å². The molecule has 0 bridgehead atoms. The van der Waals surface area contributed by atoms with Gasteiger partial charge in [0.2, 0.25) is 0 Å². The molecule has 2 nitrogen and oxygen atoms in total. The Kier molecular flexibility index (Phi) is 11.3. The fourth-order valence-corrected chi connectivity index (χ4v) is 3.22. The summed E-state index contributed by atoms with van der Waals surface area (Å²) >= 11 is 3.48. The van der Waals surface area contributed by atoms with Crippen LogP contribution in [0.25, 0.3) is 0 Å². The molecule has 1 unspecified atom stereocenters. The standard InChI is InChI=1S/C20H32BrNO/c1-2-3-4-5-6-7-8-9-10-15-19(22)20(23)16-17-13-11-12-14-18(17)21/h11-14,19H,2-10,15-16,22H2,1H3. The minimum Gasteiger partial charge on any atom is -0.321 e. The van der Waals surface area contributed by atoms with Gasteiger partial charge in [-0.25, -0.2) is 0 Å². The number of unbranched alkanes of at least 4 members (excludes halogenated alkanes) is 8. The second-order valence-electron chi connectivity index (χ2n) is 6.46. The number of nitrogens with two attached hydrogens (primary N) is 1. The topological polar surface area (TPSA) is 43.1 Å². The van der Waals surface area contributed by atoms with E-state index in [1.165, 1.54) is 51.4 Å². The average molecular weight is 382 g/mol. The van der Waals surface area contributed by atoms with Crippen molar-refractivity contribution in [1.29, 1.82) is 0 Å². The van der Waals surface area contributed by atoms with Crippen molar-refractivity contribution in [2.75, 3.05) is 0 Å². The quantitative estimate of drug-likeness (QED) is 0.438. The molecule has 0 saturated heterocycles. The normalized spacial score (nSPS) is 12.3. The van der Waals surface area contributed by atoms with Crippen molar-refractivity contribution in [3.05, 3.63) is 34.3 Å². The third kappa shape index (κ3) is 9.26. The van der Waals surface area contributed by atoms with Gasteiger partial charge < -0.3 is 5.73 Å². The zero-order valence-electron chi connectivity index (χ0n) is 14.5. The summed E-state index contributed by atoms with van der Waals surface area (Å²) in [7, 11) is 0. The van der Waals surface area contributed by atoms with Crippen molar-refractivity contribution in [3.8, 4) is 0 Å². The molecule has 1 aromatic carbocycles. The summed E-state index contributed by atoms with van der Waals surface area (Å²) in [4.78, 5) is 12.2. The van der Waals surface area contributed by atoms with Gasteiger partial charge in [0.15, 0.2) is 5.78 Å². The lowest BCUT2D eigenvalue weighted by atomic mass is 9.99. The lowest BCUT2D eigenvalue weighted by Gasteiger charge is -2.11. The number of benzene rings is 1. The Hall–Kier alpha value is -0.670. The molecule has 0 amide bonds. The molecule has 1 rings (SSSR count). The van der Waals surface area contributed by atoms with Crippen LogP contribution in [0.3, 0.4) is 0 Å². The first-order valence-corrected chi connectivity index (χ1v) is 9.96. The maximum Gasteiger partial charge on any atom is 0.153 e. The second kappa shape index (κ2) is 12.7. The van der Waals surface area contributed by atoms with Crippen molar-refractivity contribution in [2.45, 2.75) is 83.6 Å². The van der Waals surface area contributed by atoms with Crippen LogP contribution in [-0.2, 0) is 11.2 Å². The average Bonchev–Trinajstić information content (AvgIpc) is 2.55. The molecular formula is C20H32BrNO. The number of halogens is 1. The van der Waals surface area contributed by atoms with Crippen LogP contribution in [0.1, 0.15) is 76.7 Å². The lowest BCUT2D eigenvalue weighted by Crippen LogP contribution is -2.31. The Balaban J connectivity index is 2.08. The van der Waals surface area contributed by atoms with Crippen LogP contribution in [0.5, 0.6) is 0 Å². The summed E-state index contributed by atoms with van der Waals surface area (Å²) in [5.74, 6) is 0.150. The number of carbonyl (C=O) groups is 1. The predicted octanol–water partition coefficient (Wildman–Crippen LogP) is 5.81. The van der Waals surface area contributed by atoms with E-state index in [4.69, 9.17) is 5.73 Å². The maximum atomic E-state index is 12.2. The van der Waals surface area contributed by atoms with Gasteiger partial charge in [0, 0.05) is 10.9 Å². The molecule has 0 aliphatic rings. The van der Waals surface area contributed by atoms with Gasteiger partial charge in [0.05, 0.1) is 6.04 Å². The lowest BCUT2D eigenvalue weighted by molar-refractivity contribution is -0.119. The van der Waals surface area contributed by atoms with Gasteiger partial charge in [-0.15, -0.1) is 0 Å². The SMILES string of the molecule is CCCCCCCCCCCC(N)C(=O)Cc1ccccc1Br. The fourth-order valence-electron chi connectivity index (χ4n) is 2.80. The molecule has 0 saturated carbocycles. The minimum atomic E-state index is -0.313. The molecule has 0 spiro atoms. The van der Waals surface area contributed by atoms with Gasteiger partial charge in [-0.3, -0.25) is 4.79 Å². The van der Waals surface area contributed by atoms with E-state index >= 15 is 0 Å². The van der Waals surface area contributed by atoms with Crippen molar-refractivity contribution in [3.63, 3.8) is 0 Å². The monoisotopic (exact) mass is 381 g/mol. The molecule has 0 heterocycles. The highest BCUT2D eigenvalue weighted by Crippen LogP contribution is 2.17. The van der Waals surface area contributed by atoms with E-state index in [-0.39, 0.29) is 11.8 Å². The number of hydrogen-bond donors (Lipinski definition) is 1. The Morgan fingerprint density at radius 3 is 2.17 bits per heavy atom. The number of rotatable bonds is 13. The molecular weight excluding hydrogens is 350 g/mol. The van der Waals surface area contributed by atoms with Crippen LogP contribution in [0.4, 0.5) is 0 Å². The van der Waals surface area contributed by atoms with Gasteiger partial charge in [0.1, 0.15) is 0 Å². The minimum absolute atomic E-state index is 0.150. The molecule has 0 fully saturated rings. The summed E-state index contributed by atoms with van der Waals surface area (Å²) in [6, 6.07) is 7.55. The zero-order chi connectivity index (χ0) is 16.9. The van der Waals surface area contributed by atoms with Crippen molar-refractivity contribution in [2.24, 2.45) is 5.73 Å². The smallest absolute Gasteiger partial charge is 0.153 e. The van der Waals surface area contributed by atoms with Crippen molar-refractivity contribution < 1.29 is 4.79 Å². The summed E-state index contributed by atoms with van der Waals surface area (Å²) in [5.41, 5.74) is 7.07. The highest BCUT2D eigenvalue weighted by atomic mass is 79.9. The second-order valence-corrected chi connectivity index (χ2v) is 7.31. The molecule has 0 radical (unpaired) electrons. The third-order valence-corrected chi connectivity index (χ3v) is 5.13. The zero-order valence-corrected chi connectivity index (χ0v) is 16.1. The molecule has 0 aromatic heterocycles. The molecule has 2 N–H and O–H groups in total. The van der Waals surface area contributed by atoms with Crippen LogP contribution in [0, 0.1) is 0 Å². The van der Waals surface area contributed by atoms with Crippen molar-refractivity contribution >= 4 is 21.7 Å². The highest BCUT2D eigenvalue weighted by Gasteiger charge is 2.14. The van der Waals surface area contributed by atoms with E-state index < -0.39 is 0 Å². The molecule has 0 aliphatic heterocycles. The number of hydrogen-bond acceptors (Lipinski definition) is 2. The molecule has 1 atom stereocenters. The highest BCUT2D eigenvalue weighted by molar-refractivity contribution is 9.10. The van der Waals surface area contributed by atoms with Crippen LogP contribution in [0.2, 0.25) is 0 Å². The van der Waals surface area contributed by atoms with Crippen LogP contribution in [-0.4, -0.2) is 11.8 Å². The van der Waals surface area contributed by atoms with Crippen LogP contribution < -0.4 is 5.73 Å². The van der Waals surface area contributed by atoms with Crippen molar-refractivity contribution in [1.82, 2.24) is 0 Å². The molecule has 0 aliphatic carbocycles. The number of ketones is 1. The Bertz CT molecular complexity index is 447. The Morgan fingerprint density at radius 2 is 1.57 bits per heavy atom. The molecule has 130 valence electrons. The summed E-state index contributed by atoms with van der Waals surface area (Å²) in [5, 5.41) is 0. The number of carbonyl (C=O) groups excluding carboxylic acids is 1. The third-order valence-electron chi connectivity index (χ3n) is 4.35. The van der Waals surface area contributed by atoms with E-state index in [0.29, 0.717) is 6.42 Å². The van der Waals surface area contributed by atoms with Crippen LogP contribution in [0.15, 0.2) is 28.7 Å². The maximum absolute atomic E-state index is 12.2. The fraction of sp³-hybridized carbons (Fsp3) is 0.650. The Morgan fingerprint density at radius 1 is 1.00 bits per heavy atom. The van der Waals surface area contributed by atoms with E-state index in [9.17, 15) is 4.79 Å². The van der Waals surface area contributed by atoms with Crippen LogP contribution >= 0.6 is 15.9 Å². The Labute approximate surface area is 150 Å². The van der Waals surface area contributed by atoms with Gasteiger partial charge in [0.25, 0.3) is 0 Å². The van der Waals surface area contributed by atoms with E-state index in [0.717, 1.165) is 22.9 Å². The molecule has 1 aromatic rings. The molecule has 23 heavy (non-hydrogen) atoms. The molecule has 3 heteroatoms. The number of Topliss-reactive ketones (excluding diaryl/α,β-unsaturated/α-hetero) is 1. The van der Waals surface area contributed by atoms with E-state index in [2.05, 4.69) is 22.9 Å². The van der Waals surface area contributed by atoms with Gasteiger partial charge >= 0.3 is 0 Å². The summed E-state index contributed by atoms with van der Waals surface area (Å²) in [6.45, 7) is 2.25.